The number of aryl methyl sites for hydroxylation is 1. The Hall–Kier alpha value is -2.32. The van der Waals surface area contributed by atoms with Gasteiger partial charge in [0.05, 0.1) is 28.7 Å². The highest BCUT2D eigenvalue weighted by molar-refractivity contribution is 6.32. The van der Waals surface area contributed by atoms with E-state index in [2.05, 4.69) is 39.7 Å². The first-order valence-corrected chi connectivity index (χ1v) is 8.39. The van der Waals surface area contributed by atoms with Crippen LogP contribution in [0.15, 0.2) is 30.6 Å². The molecule has 0 aliphatic carbocycles. The summed E-state index contributed by atoms with van der Waals surface area (Å²) in [5.41, 5.74) is 2.62. The first kappa shape index (κ1) is 16.5. The highest BCUT2D eigenvalue weighted by Gasteiger charge is 2.29. The Morgan fingerprint density at radius 3 is 2.21 bits per heavy atom. The molecular formula is C18H20ClN5. The lowest BCUT2D eigenvalue weighted by molar-refractivity contribution is 0.480. The highest BCUT2D eigenvalue weighted by Crippen LogP contribution is 2.29. The number of benzene rings is 1. The molecule has 1 aromatic carbocycles. The Bertz CT molecular complexity index is 768. The second-order valence-corrected chi connectivity index (χ2v) is 6.67. The Morgan fingerprint density at radius 2 is 1.67 bits per heavy atom. The van der Waals surface area contributed by atoms with E-state index in [0.29, 0.717) is 22.7 Å². The number of nitriles is 1. The van der Waals surface area contributed by atoms with E-state index in [-0.39, 0.29) is 0 Å². The lowest BCUT2D eigenvalue weighted by Crippen LogP contribution is -2.56. The number of aromatic nitrogens is 2. The molecule has 124 valence electrons. The van der Waals surface area contributed by atoms with Gasteiger partial charge in [0.15, 0.2) is 0 Å². The smallest absolute Gasteiger partial charge is 0.125 e. The van der Waals surface area contributed by atoms with Crippen molar-refractivity contribution >= 4 is 23.0 Å². The van der Waals surface area contributed by atoms with Gasteiger partial charge in [-0.25, -0.2) is 9.97 Å². The minimum Gasteiger partial charge on any atom is -0.365 e. The predicted molar refractivity (Wildman–Crippen MR) is 96.6 cm³/mol. The van der Waals surface area contributed by atoms with Crippen molar-refractivity contribution in [2.75, 3.05) is 22.9 Å². The molecule has 1 aliphatic rings. The largest absolute Gasteiger partial charge is 0.365 e. The van der Waals surface area contributed by atoms with E-state index in [4.69, 9.17) is 16.9 Å². The van der Waals surface area contributed by atoms with Crippen molar-refractivity contribution in [2.24, 2.45) is 0 Å². The van der Waals surface area contributed by atoms with Gasteiger partial charge in [-0.1, -0.05) is 11.6 Å². The third-order valence-electron chi connectivity index (χ3n) is 4.49. The summed E-state index contributed by atoms with van der Waals surface area (Å²) in [5.74, 6) is 0.783. The summed E-state index contributed by atoms with van der Waals surface area (Å²) < 4.78 is 0. The summed E-state index contributed by atoms with van der Waals surface area (Å²) in [6, 6.07) is 8.38. The van der Waals surface area contributed by atoms with Gasteiger partial charge in [-0.05, 0) is 39.0 Å². The number of nitrogens with zero attached hydrogens (tertiary/aromatic N) is 5. The topological polar surface area (TPSA) is 56.1 Å². The van der Waals surface area contributed by atoms with E-state index >= 15 is 0 Å². The van der Waals surface area contributed by atoms with Crippen LogP contribution in [-0.2, 0) is 0 Å². The van der Waals surface area contributed by atoms with Gasteiger partial charge >= 0.3 is 0 Å². The van der Waals surface area contributed by atoms with Crippen LogP contribution in [0.4, 0.5) is 11.4 Å². The fourth-order valence-electron chi connectivity index (χ4n) is 3.15. The third-order valence-corrected chi connectivity index (χ3v) is 4.80. The lowest BCUT2D eigenvalue weighted by atomic mass is 10.1. The molecule has 0 amide bonds. The molecule has 6 heteroatoms. The number of hydrogen-bond donors (Lipinski definition) is 0. The van der Waals surface area contributed by atoms with Crippen molar-refractivity contribution in [3.63, 3.8) is 0 Å². The first-order valence-electron chi connectivity index (χ1n) is 8.01. The zero-order chi connectivity index (χ0) is 17.3. The number of anilines is 2. The molecule has 2 atom stereocenters. The molecule has 0 spiro atoms. The highest BCUT2D eigenvalue weighted by atomic mass is 35.5. The van der Waals surface area contributed by atoms with E-state index < -0.39 is 0 Å². The van der Waals surface area contributed by atoms with E-state index in [1.54, 1.807) is 6.07 Å². The molecule has 1 aromatic heterocycles. The molecule has 0 bridgehead atoms. The molecule has 5 nitrogen and oxygen atoms in total. The summed E-state index contributed by atoms with van der Waals surface area (Å²) in [7, 11) is 0. The monoisotopic (exact) mass is 341 g/mol. The van der Waals surface area contributed by atoms with Gasteiger partial charge in [-0.15, -0.1) is 0 Å². The molecule has 0 saturated carbocycles. The zero-order valence-electron chi connectivity index (χ0n) is 14.1. The molecule has 1 saturated heterocycles. The molecule has 0 N–H and O–H groups in total. The van der Waals surface area contributed by atoms with Crippen molar-refractivity contribution in [3.8, 4) is 6.07 Å². The zero-order valence-corrected chi connectivity index (χ0v) is 14.8. The van der Waals surface area contributed by atoms with Crippen LogP contribution in [0.25, 0.3) is 0 Å². The first-order chi connectivity index (χ1) is 11.5. The van der Waals surface area contributed by atoms with Gasteiger partial charge in [-0.2, -0.15) is 5.26 Å². The second kappa shape index (κ2) is 6.66. The quantitative estimate of drug-likeness (QED) is 0.837. The minimum absolute atomic E-state index is 0.312. The second-order valence-electron chi connectivity index (χ2n) is 6.27. The summed E-state index contributed by atoms with van der Waals surface area (Å²) in [6.45, 7) is 8.04. The molecule has 1 aliphatic heterocycles. The van der Waals surface area contributed by atoms with Crippen molar-refractivity contribution in [1.82, 2.24) is 9.97 Å². The molecule has 24 heavy (non-hydrogen) atoms. The minimum atomic E-state index is 0.312. The number of rotatable bonds is 2. The molecule has 2 aromatic rings. The fourth-order valence-corrected chi connectivity index (χ4v) is 3.37. The van der Waals surface area contributed by atoms with E-state index in [9.17, 15) is 0 Å². The number of piperazine rings is 1. The standard InChI is InChI=1S/C18H20ClN5/c1-12-11-24(17-8-21-14(3)22-9-17)13(2)10-23(12)16-5-4-15(7-20)18(19)6-16/h4-6,8-9,12-13H,10-11H2,1-3H3/t12-,13+/m0/s1. The number of hydrogen-bond acceptors (Lipinski definition) is 5. The lowest BCUT2D eigenvalue weighted by Gasteiger charge is -2.46. The van der Waals surface area contributed by atoms with Crippen LogP contribution >= 0.6 is 11.6 Å². The summed E-state index contributed by atoms with van der Waals surface area (Å²) >= 11 is 6.20. The van der Waals surface area contributed by atoms with Crippen molar-refractivity contribution < 1.29 is 0 Å². The van der Waals surface area contributed by atoms with Gasteiger partial charge in [0.25, 0.3) is 0 Å². The Kier molecular flexibility index (Phi) is 4.59. The summed E-state index contributed by atoms with van der Waals surface area (Å²) in [4.78, 5) is 13.3. The molecular weight excluding hydrogens is 322 g/mol. The van der Waals surface area contributed by atoms with Crippen LogP contribution in [-0.4, -0.2) is 35.1 Å². The van der Waals surface area contributed by atoms with E-state index in [0.717, 1.165) is 30.3 Å². The van der Waals surface area contributed by atoms with Crippen LogP contribution in [0.3, 0.4) is 0 Å². The fraction of sp³-hybridized carbons (Fsp3) is 0.389. The normalized spacial score (nSPS) is 20.8. The van der Waals surface area contributed by atoms with Gasteiger partial charge in [0, 0.05) is 30.9 Å². The predicted octanol–water partition coefficient (Wildman–Crippen LogP) is 3.41. The van der Waals surface area contributed by atoms with Crippen molar-refractivity contribution in [3.05, 3.63) is 47.0 Å². The molecule has 2 heterocycles. The number of halogens is 1. The molecule has 0 radical (unpaired) electrons. The van der Waals surface area contributed by atoms with Gasteiger partial charge in [0.2, 0.25) is 0 Å². The molecule has 0 unspecified atom stereocenters. The molecule has 1 fully saturated rings. The maximum Gasteiger partial charge on any atom is 0.125 e. The Morgan fingerprint density at radius 1 is 1.08 bits per heavy atom. The van der Waals surface area contributed by atoms with Crippen LogP contribution in [0.5, 0.6) is 0 Å². The van der Waals surface area contributed by atoms with Crippen LogP contribution in [0.2, 0.25) is 5.02 Å². The third kappa shape index (κ3) is 3.15. The Balaban J connectivity index is 1.81. The van der Waals surface area contributed by atoms with Crippen LogP contribution in [0, 0.1) is 18.3 Å². The van der Waals surface area contributed by atoms with Gasteiger partial charge < -0.3 is 9.80 Å². The van der Waals surface area contributed by atoms with Crippen molar-refractivity contribution in [1.29, 1.82) is 5.26 Å². The average Bonchev–Trinajstić information content (AvgIpc) is 2.57. The van der Waals surface area contributed by atoms with E-state index in [1.807, 2.05) is 31.5 Å². The van der Waals surface area contributed by atoms with Crippen LogP contribution < -0.4 is 9.80 Å². The van der Waals surface area contributed by atoms with E-state index in [1.165, 1.54) is 0 Å². The van der Waals surface area contributed by atoms with Gasteiger partial charge in [-0.3, -0.25) is 0 Å². The summed E-state index contributed by atoms with van der Waals surface area (Å²) in [6.07, 6.45) is 3.78. The maximum atomic E-state index is 9.03. The summed E-state index contributed by atoms with van der Waals surface area (Å²) in [5, 5.41) is 9.53. The maximum absolute atomic E-state index is 9.03. The SMILES string of the molecule is Cc1ncc(N2C[C@H](C)N(c3ccc(C#N)c(Cl)c3)C[C@H]2C)cn1. The average molecular weight is 342 g/mol. The Labute approximate surface area is 147 Å². The van der Waals surface area contributed by atoms with Crippen LogP contribution in [0.1, 0.15) is 25.2 Å². The molecule has 3 rings (SSSR count). The van der Waals surface area contributed by atoms with Gasteiger partial charge in [0.1, 0.15) is 11.9 Å². The van der Waals surface area contributed by atoms with Crippen molar-refractivity contribution in [2.45, 2.75) is 32.9 Å².